The van der Waals surface area contributed by atoms with Crippen LogP contribution in [-0.2, 0) is 17.9 Å². The van der Waals surface area contributed by atoms with Gasteiger partial charge >= 0.3 is 0 Å². The van der Waals surface area contributed by atoms with E-state index >= 15 is 0 Å². The number of hydrogen-bond acceptors (Lipinski definition) is 3. The van der Waals surface area contributed by atoms with E-state index in [1.807, 2.05) is 11.8 Å². The molecule has 2 N–H and O–H groups in total. The van der Waals surface area contributed by atoms with Crippen molar-refractivity contribution in [2.24, 2.45) is 10.9 Å². The van der Waals surface area contributed by atoms with E-state index in [-0.39, 0.29) is 29.9 Å². The van der Waals surface area contributed by atoms with Crippen LogP contribution >= 0.6 is 24.0 Å². The van der Waals surface area contributed by atoms with Gasteiger partial charge in [0.05, 0.1) is 13.1 Å². The van der Waals surface area contributed by atoms with E-state index in [0.717, 1.165) is 44.9 Å². The molecule has 2 saturated heterocycles. The maximum absolute atomic E-state index is 12.3. The molecule has 1 aromatic carbocycles. The Kier molecular flexibility index (Phi) is 10.9. The molecule has 0 aliphatic carbocycles. The lowest BCUT2D eigenvalue weighted by molar-refractivity contribution is -0.128. The smallest absolute Gasteiger partial charge is 0.241 e. The topological polar surface area (TPSA) is 60.0 Å². The number of nitrogens with one attached hydrogen (secondary N) is 2. The van der Waals surface area contributed by atoms with Crippen LogP contribution in [0.4, 0.5) is 0 Å². The van der Waals surface area contributed by atoms with Gasteiger partial charge in [-0.05, 0) is 56.2 Å². The van der Waals surface area contributed by atoms with Crippen molar-refractivity contribution in [3.05, 3.63) is 35.4 Å². The first kappa shape index (κ1) is 24.9. The molecule has 30 heavy (non-hydrogen) atoms. The highest BCUT2D eigenvalue weighted by Gasteiger charge is 2.18. The molecule has 3 rings (SSSR count). The van der Waals surface area contributed by atoms with Crippen LogP contribution in [0.3, 0.4) is 0 Å². The Bertz CT molecular complexity index is 690. The molecule has 0 spiro atoms. The normalized spacial score (nSPS) is 20.0. The Balaban J connectivity index is 0.00000320. The fourth-order valence-corrected chi connectivity index (χ4v) is 4.28. The van der Waals surface area contributed by atoms with E-state index in [1.54, 1.807) is 0 Å². The highest BCUT2D eigenvalue weighted by Crippen LogP contribution is 2.20. The van der Waals surface area contributed by atoms with Crippen molar-refractivity contribution in [2.75, 3.05) is 39.3 Å². The van der Waals surface area contributed by atoms with Gasteiger partial charge < -0.3 is 15.5 Å². The summed E-state index contributed by atoms with van der Waals surface area (Å²) < 4.78 is 0. The highest BCUT2D eigenvalue weighted by atomic mass is 127. The minimum Gasteiger partial charge on any atom is -0.357 e. The molecule has 1 atom stereocenters. The number of aliphatic imine (C=N–C) groups is 1. The molecule has 0 bridgehead atoms. The number of nitrogens with zero attached hydrogens (tertiary/aromatic N) is 3. The van der Waals surface area contributed by atoms with Crippen LogP contribution in [0.1, 0.15) is 50.7 Å². The number of piperidine rings is 1. The number of hydrogen-bond donors (Lipinski definition) is 2. The van der Waals surface area contributed by atoms with Gasteiger partial charge in [-0.1, -0.05) is 31.2 Å². The van der Waals surface area contributed by atoms with Gasteiger partial charge in [0, 0.05) is 32.7 Å². The van der Waals surface area contributed by atoms with Crippen molar-refractivity contribution in [3.63, 3.8) is 0 Å². The van der Waals surface area contributed by atoms with Crippen molar-refractivity contribution in [3.8, 4) is 0 Å². The first-order valence-electron chi connectivity index (χ1n) is 11.2. The molecule has 2 aliphatic heterocycles. The number of benzene rings is 1. The maximum Gasteiger partial charge on any atom is 0.241 e. The van der Waals surface area contributed by atoms with E-state index in [4.69, 9.17) is 4.99 Å². The monoisotopic (exact) mass is 527 g/mol. The number of carbonyl (C=O) groups is 1. The van der Waals surface area contributed by atoms with Crippen LogP contribution in [0.25, 0.3) is 0 Å². The summed E-state index contributed by atoms with van der Waals surface area (Å²) in [5, 5.41) is 6.47. The van der Waals surface area contributed by atoms with Gasteiger partial charge in [-0.3, -0.25) is 9.69 Å². The predicted octanol–water partition coefficient (Wildman–Crippen LogP) is 3.21. The lowest BCUT2D eigenvalue weighted by Gasteiger charge is -2.31. The quantitative estimate of drug-likeness (QED) is 0.325. The summed E-state index contributed by atoms with van der Waals surface area (Å²) in [4.78, 5) is 21.6. The van der Waals surface area contributed by atoms with Crippen molar-refractivity contribution < 1.29 is 4.79 Å². The lowest BCUT2D eigenvalue weighted by atomic mass is 9.99. The fraction of sp³-hybridized carbons (Fsp3) is 0.652. The zero-order valence-electron chi connectivity index (χ0n) is 18.5. The molecule has 0 saturated carbocycles. The molecule has 2 fully saturated rings. The van der Waals surface area contributed by atoms with Gasteiger partial charge in [0.15, 0.2) is 5.96 Å². The molecule has 1 amide bonds. The van der Waals surface area contributed by atoms with Crippen LogP contribution in [-0.4, -0.2) is 60.9 Å². The molecule has 168 valence electrons. The van der Waals surface area contributed by atoms with Gasteiger partial charge in [-0.2, -0.15) is 0 Å². The summed E-state index contributed by atoms with van der Waals surface area (Å²) in [5.74, 6) is 1.65. The van der Waals surface area contributed by atoms with E-state index in [1.165, 1.54) is 37.1 Å². The van der Waals surface area contributed by atoms with Gasteiger partial charge in [-0.25, -0.2) is 4.99 Å². The zero-order chi connectivity index (χ0) is 20.5. The Morgan fingerprint density at radius 2 is 1.83 bits per heavy atom. The summed E-state index contributed by atoms with van der Waals surface area (Å²) in [6.45, 7) is 11.2. The summed E-state index contributed by atoms with van der Waals surface area (Å²) in [5.41, 5.74) is 2.61. The summed E-state index contributed by atoms with van der Waals surface area (Å²) >= 11 is 0. The van der Waals surface area contributed by atoms with E-state index in [0.29, 0.717) is 19.0 Å². The largest absolute Gasteiger partial charge is 0.357 e. The third-order valence-electron chi connectivity index (χ3n) is 5.87. The number of halogens is 1. The summed E-state index contributed by atoms with van der Waals surface area (Å²) in [6, 6.07) is 8.60. The van der Waals surface area contributed by atoms with Crippen LogP contribution in [0.2, 0.25) is 0 Å². The molecule has 7 heteroatoms. The minimum atomic E-state index is 0. The Morgan fingerprint density at radius 3 is 2.53 bits per heavy atom. The fourth-order valence-electron chi connectivity index (χ4n) is 4.28. The maximum atomic E-state index is 12.3. The van der Waals surface area contributed by atoms with Gasteiger partial charge in [0.25, 0.3) is 0 Å². The molecule has 2 heterocycles. The lowest BCUT2D eigenvalue weighted by Crippen LogP contribution is -2.44. The molecule has 2 aliphatic rings. The number of guanidine groups is 1. The number of likely N-dealkylation sites (tertiary alicyclic amines) is 2. The molecular formula is C23H38IN5O. The molecule has 0 radical (unpaired) electrons. The third kappa shape index (κ3) is 7.72. The van der Waals surface area contributed by atoms with E-state index in [9.17, 15) is 4.79 Å². The first-order valence-corrected chi connectivity index (χ1v) is 11.2. The van der Waals surface area contributed by atoms with Crippen molar-refractivity contribution >= 4 is 35.8 Å². The van der Waals surface area contributed by atoms with Crippen LogP contribution in [0.5, 0.6) is 0 Å². The van der Waals surface area contributed by atoms with Crippen molar-refractivity contribution in [2.45, 2.75) is 52.6 Å². The second-order valence-corrected chi connectivity index (χ2v) is 8.39. The standard InChI is InChI=1S/C23H37N5O.HI/c1-3-24-23(26-16-22(29)28-13-6-7-14-28)25-15-20-10-4-5-11-21(20)18-27-12-8-9-19(2)17-27;/h4-5,10-11,19H,3,6-9,12-18H2,1-2H3,(H2,24,25,26);1H. The minimum absolute atomic E-state index is 0. The molecule has 1 aromatic rings. The number of carbonyl (C=O) groups excluding carboxylic acids is 1. The highest BCUT2D eigenvalue weighted by molar-refractivity contribution is 14.0. The predicted molar refractivity (Wildman–Crippen MR) is 134 cm³/mol. The average Bonchev–Trinajstić information content (AvgIpc) is 3.26. The third-order valence-corrected chi connectivity index (χ3v) is 5.87. The van der Waals surface area contributed by atoms with Gasteiger partial charge in [0.2, 0.25) is 5.91 Å². The van der Waals surface area contributed by atoms with Crippen LogP contribution < -0.4 is 10.6 Å². The molecule has 1 unspecified atom stereocenters. The zero-order valence-corrected chi connectivity index (χ0v) is 20.9. The Hall–Kier alpha value is -1.35. The Morgan fingerprint density at radius 1 is 1.10 bits per heavy atom. The van der Waals surface area contributed by atoms with E-state index in [2.05, 4.69) is 46.7 Å². The SMILES string of the molecule is CCNC(=NCc1ccccc1CN1CCCC(C)C1)NCC(=O)N1CCCC1.I. The second-order valence-electron chi connectivity index (χ2n) is 8.39. The first-order chi connectivity index (χ1) is 14.2. The molecule has 6 nitrogen and oxygen atoms in total. The van der Waals surface area contributed by atoms with Crippen molar-refractivity contribution in [1.29, 1.82) is 0 Å². The summed E-state index contributed by atoms with van der Waals surface area (Å²) in [7, 11) is 0. The molecule has 0 aromatic heterocycles. The number of amides is 1. The van der Waals surface area contributed by atoms with Crippen LogP contribution in [0, 0.1) is 5.92 Å². The summed E-state index contributed by atoms with van der Waals surface area (Å²) in [6.07, 6.45) is 4.87. The van der Waals surface area contributed by atoms with Gasteiger partial charge in [-0.15, -0.1) is 24.0 Å². The van der Waals surface area contributed by atoms with Crippen molar-refractivity contribution in [1.82, 2.24) is 20.4 Å². The Labute approximate surface area is 198 Å². The van der Waals surface area contributed by atoms with Gasteiger partial charge in [0.1, 0.15) is 0 Å². The number of rotatable bonds is 7. The average molecular weight is 527 g/mol. The second kappa shape index (κ2) is 13.1. The van der Waals surface area contributed by atoms with Crippen LogP contribution in [0.15, 0.2) is 29.3 Å². The molecular weight excluding hydrogens is 489 g/mol. The van der Waals surface area contributed by atoms with E-state index < -0.39 is 0 Å².